The van der Waals surface area contributed by atoms with Crippen molar-refractivity contribution in [1.82, 2.24) is 9.62 Å². The Morgan fingerprint density at radius 1 is 0.879 bits per heavy atom. The van der Waals surface area contributed by atoms with Crippen molar-refractivity contribution in [3.63, 3.8) is 0 Å². The van der Waals surface area contributed by atoms with Crippen molar-refractivity contribution in [2.45, 2.75) is 44.4 Å². The van der Waals surface area contributed by atoms with Gasteiger partial charge >= 0.3 is 0 Å². The van der Waals surface area contributed by atoms with E-state index < -0.39 is 10.0 Å². The summed E-state index contributed by atoms with van der Waals surface area (Å²) in [7, 11) is -3.38. The van der Waals surface area contributed by atoms with Gasteiger partial charge in [0.15, 0.2) is 0 Å². The number of rotatable bonds is 7. The standard InChI is InChI=1S/C25H32BrN3O3S/c26-23-8-4-21(5-9-23)19-33(31,32)29-16-12-22(13-17-29)25(30)27-18-20-6-10-24(11-7-20)28-14-2-1-3-15-28/h4-11,22H,1-3,12-19H2,(H,27,30). The number of sulfonamides is 1. The van der Waals surface area contributed by atoms with Crippen LogP contribution in [0.25, 0.3) is 0 Å². The zero-order valence-corrected chi connectivity index (χ0v) is 21.3. The topological polar surface area (TPSA) is 69.7 Å². The summed E-state index contributed by atoms with van der Waals surface area (Å²) in [6.45, 7) is 3.52. The number of benzene rings is 2. The molecule has 0 aromatic heterocycles. The van der Waals surface area contributed by atoms with Crippen LogP contribution in [0.15, 0.2) is 53.0 Å². The maximum absolute atomic E-state index is 12.8. The molecule has 0 bridgehead atoms. The monoisotopic (exact) mass is 533 g/mol. The predicted octanol–water partition coefficient (Wildman–Crippen LogP) is 4.30. The highest BCUT2D eigenvalue weighted by atomic mass is 79.9. The summed E-state index contributed by atoms with van der Waals surface area (Å²) < 4.78 is 28.0. The molecule has 6 nitrogen and oxygen atoms in total. The SMILES string of the molecule is O=C(NCc1ccc(N2CCCCC2)cc1)C1CCN(S(=O)(=O)Cc2ccc(Br)cc2)CC1. The third-order valence-electron chi connectivity index (χ3n) is 6.60. The normalized spacial score (nSPS) is 18.3. The summed E-state index contributed by atoms with van der Waals surface area (Å²) >= 11 is 3.37. The van der Waals surface area contributed by atoms with E-state index in [0.29, 0.717) is 32.5 Å². The zero-order chi connectivity index (χ0) is 23.3. The molecule has 4 rings (SSSR count). The molecule has 2 fully saturated rings. The number of anilines is 1. The van der Waals surface area contributed by atoms with Crippen LogP contribution in [0.1, 0.15) is 43.2 Å². The number of piperidine rings is 2. The maximum atomic E-state index is 12.8. The van der Waals surface area contributed by atoms with E-state index in [2.05, 4.69) is 50.4 Å². The van der Waals surface area contributed by atoms with E-state index in [1.165, 1.54) is 29.3 Å². The van der Waals surface area contributed by atoms with Gasteiger partial charge in [0.1, 0.15) is 0 Å². The largest absolute Gasteiger partial charge is 0.372 e. The Hall–Kier alpha value is -1.90. The second-order valence-corrected chi connectivity index (χ2v) is 11.9. The first-order valence-electron chi connectivity index (χ1n) is 11.7. The number of carbonyl (C=O) groups is 1. The molecule has 0 atom stereocenters. The maximum Gasteiger partial charge on any atom is 0.223 e. The summed E-state index contributed by atoms with van der Waals surface area (Å²) in [5.41, 5.74) is 3.10. The van der Waals surface area contributed by atoms with Gasteiger partial charge in [0, 0.05) is 48.8 Å². The minimum atomic E-state index is -3.38. The summed E-state index contributed by atoms with van der Waals surface area (Å²) in [6, 6.07) is 15.8. The highest BCUT2D eigenvalue weighted by molar-refractivity contribution is 9.10. The first kappa shape index (κ1) is 24.2. The van der Waals surface area contributed by atoms with Crippen LogP contribution < -0.4 is 10.2 Å². The van der Waals surface area contributed by atoms with Crippen LogP contribution >= 0.6 is 15.9 Å². The molecule has 8 heteroatoms. The van der Waals surface area contributed by atoms with Crippen LogP contribution in [0, 0.1) is 5.92 Å². The number of halogens is 1. The van der Waals surface area contributed by atoms with Gasteiger partial charge in [-0.2, -0.15) is 0 Å². The lowest BCUT2D eigenvalue weighted by Crippen LogP contribution is -2.43. The lowest BCUT2D eigenvalue weighted by atomic mass is 9.97. The quantitative estimate of drug-likeness (QED) is 0.576. The van der Waals surface area contributed by atoms with E-state index in [-0.39, 0.29) is 17.6 Å². The molecule has 2 aliphatic heterocycles. The van der Waals surface area contributed by atoms with Crippen LogP contribution in [-0.4, -0.2) is 44.8 Å². The molecule has 2 aromatic rings. The molecule has 178 valence electrons. The smallest absolute Gasteiger partial charge is 0.223 e. The van der Waals surface area contributed by atoms with Gasteiger partial charge in [0.2, 0.25) is 15.9 Å². The van der Waals surface area contributed by atoms with Crippen LogP contribution in [0.4, 0.5) is 5.69 Å². The second-order valence-electron chi connectivity index (χ2n) is 8.99. The Morgan fingerprint density at radius 2 is 1.48 bits per heavy atom. The van der Waals surface area contributed by atoms with Gasteiger partial charge in [-0.3, -0.25) is 4.79 Å². The lowest BCUT2D eigenvalue weighted by molar-refractivity contribution is -0.126. The lowest BCUT2D eigenvalue weighted by Gasteiger charge is -2.30. The van der Waals surface area contributed by atoms with E-state index in [1.54, 1.807) is 0 Å². The van der Waals surface area contributed by atoms with E-state index in [9.17, 15) is 13.2 Å². The van der Waals surface area contributed by atoms with Gasteiger partial charge in [-0.25, -0.2) is 12.7 Å². The molecule has 2 aromatic carbocycles. The molecule has 1 N–H and O–H groups in total. The average molecular weight is 535 g/mol. The number of amides is 1. The van der Waals surface area contributed by atoms with Gasteiger partial charge in [0.05, 0.1) is 5.75 Å². The van der Waals surface area contributed by atoms with E-state index >= 15 is 0 Å². The highest BCUT2D eigenvalue weighted by Crippen LogP contribution is 2.23. The van der Waals surface area contributed by atoms with Crippen LogP contribution in [0.3, 0.4) is 0 Å². The zero-order valence-electron chi connectivity index (χ0n) is 18.9. The van der Waals surface area contributed by atoms with E-state index in [0.717, 1.165) is 28.7 Å². The summed E-state index contributed by atoms with van der Waals surface area (Å²) in [5, 5.41) is 3.04. The summed E-state index contributed by atoms with van der Waals surface area (Å²) in [6.07, 6.45) is 4.93. The molecule has 2 heterocycles. The molecule has 0 unspecified atom stereocenters. The van der Waals surface area contributed by atoms with Crippen molar-refractivity contribution in [3.05, 3.63) is 64.1 Å². The number of hydrogen-bond acceptors (Lipinski definition) is 4. The Kier molecular flexibility index (Phi) is 8.09. The third-order valence-corrected chi connectivity index (χ3v) is 8.98. The van der Waals surface area contributed by atoms with Crippen LogP contribution in [-0.2, 0) is 27.1 Å². The van der Waals surface area contributed by atoms with E-state index in [4.69, 9.17) is 0 Å². The van der Waals surface area contributed by atoms with Crippen molar-refractivity contribution >= 4 is 37.5 Å². The van der Waals surface area contributed by atoms with E-state index in [1.807, 2.05) is 24.3 Å². The Bertz CT molecular complexity index is 1030. The fourth-order valence-electron chi connectivity index (χ4n) is 4.59. The van der Waals surface area contributed by atoms with Crippen molar-refractivity contribution < 1.29 is 13.2 Å². The third kappa shape index (κ3) is 6.58. The number of nitrogens with zero attached hydrogens (tertiary/aromatic N) is 2. The summed E-state index contributed by atoms with van der Waals surface area (Å²) in [5.74, 6) is -0.137. The van der Waals surface area contributed by atoms with Gasteiger partial charge in [-0.05, 0) is 67.5 Å². The van der Waals surface area contributed by atoms with Crippen molar-refractivity contribution in [3.8, 4) is 0 Å². The molecule has 0 radical (unpaired) electrons. The van der Waals surface area contributed by atoms with Crippen molar-refractivity contribution in [2.75, 3.05) is 31.1 Å². The molecule has 0 saturated carbocycles. The molecular weight excluding hydrogens is 502 g/mol. The van der Waals surface area contributed by atoms with Gasteiger partial charge in [-0.1, -0.05) is 40.2 Å². The Balaban J connectivity index is 1.23. The van der Waals surface area contributed by atoms with Crippen molar-refractivity contribution in [2.24, 2.45) is 5.92 Å². The second kappa shape index (κ2) is 11.0. The molecule has 2 saturated heterocycles. The van der Waals surface area contributed by atoms with Gasteiger partial charge in [-0.15, -0.1) is 0 Å². The Labute approximate surface area is 205 Å². The summed E-state index contributed by atoms with van der Waals surface area (Å²) in [4.78, 5) is 15.1. The van der Waals surface area contributed by atoms with Gasteiger partial charge in [0.25, 0.3) is 0 Å². The average Bonchev–Trinajstić information content (AvgIpc) is 2.85. The molecule has 33 heavy (non-hydrogen) atoms. The highest BCUT2D eigenvalue weighted by Gasteiger charge is 2.31. The fourth-order valence-corrected chi connectivity index (χ4v) is 6.42. The van der Waals surface area contributed by atoms with Crippen LogP contribution in [0.2, 0.25) is 0 Å². The minimum absolute atomic E-state index is 0.00936. The minimum Gasteiger partial charge on any atom is -0.372 e. The fraction of sp³-hybridized carbons (Fsp3) is 0.480. The number of carbonyl (C=O) groups excluding carboxylic acids is 1. The molecule has 1 amide bonds. The first-order valence-corrected chi connectivity index (χ1v) is 14.1. The molecular formula is C25H32BrN3O3S. The molecule has 2 aliphatic rings. The molecule has 0 aliphatic carbocycles. The molecule has 0 spiro atoms. The Morgan fingerprint density at radius 3 is 2.12 bits per heavy atom. The van der Waals surface area contributed by atoms with Crippen LogP contribution in [0.5, 0.6) is 0 Å². The number of hydrogen-bond donors (Lipinski definition) is 1. The predicted molar refractivity (Wildman–Crippen MR) is 135 cm³/mol. The van der Waals surface area contributed by atoms with Gasteiger partial charge < -0.3 is 10.2 Å². The van der Waals surface area contributed by atoms with Crippen molar-refractivity contribution in [1.29, 1.82) is 0 Å². The number of nitrogens with one attached hydrogen (secondary N) is 1. The first-order chi connectivity index (χ1) is 15.9.